The third kappa shape index (κ3) is 4.82. The van der Waals surface area contributed by atoms with E-state index in [4.69, 9.17) is 22.1 Å². The van der Waals surface area contributed by atoms with Gasteiger partial charge in [-0.15, -0.1) is 0 Å². The van der Waals surface area contributed by atoms with Crippen LogP contribution >= 0.6 is 27.5 Å². The molecule has 2 aromatic carbocycles. The lowest BCUT2D eigenvalue weighted by Gasteiger charge is -2.24. The van der Waals surface area contributed by atoms with Crippen molar-refractivity contribution in [1.29, 1.82) is 0 Å². The van der Waals surface area contributed by atoms with E-state index in [1.807, 2.05) is 42.5 Å². The number of halogens is 2. The van der Waals surface area contributed by atoms with Crippen molar-refractivity contribution in [2.45, 2.75) is 32.1 Å². The first-order valence-corrected chi connectivity index (χ1v) is 8.14. The van der Waals surface area contributed by atoms with Crippen molar-refractivity contribution in [3.63, 3.8) is 0 Å². The second-order valence-electron chi connectivity index (χ2n) is 4.99. The molecule has 0 bridgehead atoms. The van der Waals surface area contributed by atoms with Gasteiger partial charge in [0.1, 0.15) is 0 Å². The highest BCUT2D eigenvalue weighted by Crippen LogP contribution is 2.26. The molecule has 2 unspecified atom stereocenters. The van der Waals surface area contributed by atoms with Gasteiger partial charge < -0.3 is 10.5 Å². The molecule has 4 heteroatoms. The zero-order chi connectivity index (χ0) is 15.2. The molecule has 0 heterocycles. The van der Waals surface area contributed by atoms with Crippen molar-refractivity contribution in [1.82, 2.24) is 0 Å². The molecular formula is C17H19BrClNO. The molecular weight excluding hydrogens is 350 g/mol. The van der Waals surface area contributed by atoms with Crippen LogP contribution in [0.25, 0.3) is 0 Å². The van der Waals surface area contributed by atoms with Gasteiger partial charge in [-0.3, -0.25) is 0 Å². The van der Waals surface area contributed by atoms with Gasteiger partial charge in [-0.1, -0.05) is 58.7 Å². The molecule has 0 fully saturated rings. The van der Waals surface area contributed by atoms with E-state index in [9.17, 15) is 0 Å². The number of ether oxygens (including phenoxy) is 1. The summed E-state index contributed by atoms with van der Waals surface area (Å²) < 4.78 is 7.10. The van der Waals surface area contributed by atoms with Crippen molar-refractivity contribution in [2.75, 3.05) is 0 Å². The molecule has 0 aliphatic rings. The molecule has 2 aromatic rings. The first kappa shape index (κ1) is 16.5. The van der Waals surface area contributed by atoms with Gasteiger partial charge >= 0.3 is 0 Å². The van der Waals surface area contributed by atoms with Gasteiger partial charge in [0.15, 0.2) is 0 Å². The SMILES string of the molecule is CCC(N)C(OCc1ccc(Cl)cc1)c1cccc(Br)c1. The van der Waals surface area contributed by atoms with Crippen molar-refractivity contribution in [3.05, 3.63) is 69.2 Å². The maximum Gasteiger partial charge on any atom is 0.0980 e. The van der Waals surface area contributed by atoms with E-state index in [0.29, 0.717) is 6.61 Å². The lowest BCUT2D eigenvalue weighted by Crippen LogP contribution is -2.29. The van der Waals surface area contributed by atoms with Crippen LogP contribution in [0.3, 0.4) is 0 Å². The van der Waals surface area contributed by atoms with E-state index in [2.05, 4.69) is 28.9 Å². The summed E-state index contributed by atoms with van der Waals surface area (Å²) in [6, 6.07) is 15.7. The molecule has 0 radical (unpaired) electrons. The zero-order valence-corrected chi connectivity index (χ0v) is 14.3. The topological polar surface area (TPSA) is 35.2 Å². The lowest BCUT2D eigenvalue weighted by molar-refractivity contribution is 0.0212. The second kappa shape index (κ2) is 7.95. The summed E-state index contributed by atoms with van der Waals surface area (Å²) in [5.41, 5.74) is 8.40. The van der Waals surface area contributed by atoms with Crippen LogP contribution in [0.2, 0.25) is 5.02 Å². The summed E-state index contributed by atoms with van der Waals surface area (Å²) >= 11 is 9.39. The Bertz CT molecular complexity index is 573. The molecule has 0 aliphatic carbocycles. The summed E-state index contributed by atoms with van der Waals surface area (Å²) in [4.78, 5) is 0. The van der Waals surface area contributed by atoms with E-state index in [1.165, 1.54) is 0 Å². The standard InChI is InChI=1S/C17H19BrClNO/c1-2-16(20)17(13-4-3-5-14(18)10-13)21-11-12-6-8-15(19)9-7-12/h3-10,16-17H,2,11,20H2,1H3. The minimum Gasteiger partial charge on any atom is -0.367 e. The molecule has 0 aromatic heterocycles. The Morgan fingerprint density at radius 3 is 2.52 bits per heavy atom. The number of rotatable bonds is 6. The lowest BCUT2D eigenvalue weighted by atomic mass is 10.0. The first-order chi connectivity index (χ1) is 10.1. The Kier molecular flexibility index (Phi) is 6.24. The smallest absolute Gasteiger partial charge is 0.0980 e. The number of hydrogen-bond donors (Lipinski definition) is 1. The van der Waals surface area contributed by atoms with Crippen LogP contribution in [0, 0.1) is 0 Å². The highest BCUT2D eigenvalue weighted by atomic mass is 79.9. The normalized spacial score (nSPS) is 13.9. The molecule has 21 heavy (non-hydrogen) atoms. The molecule has 0 aliphatic heterocycles. The molecule has 0 amide bonds. The van der Waals surface area contributed by atoms with Gasteiger partial charge in [0.25, 0.3) is 0 Å². The fourth-order valence-corrected chi connectivity index (χ4v) is 2.67. The first-order valence-electron chi connectivity index (χ1n) is 6.97. The Labute approximate surface area is 139 Å². The van der Waals surface area contributed by atoms with E-state index in [1.54, 1.807) is 0 Å². The predicted molar refractivity (Wildman–Crippen MR) is 91.4 cm³/mol. The van der Waals surface area contributed by atoms with Crippen molar-refractivity contribution < 1.29 is 4.74 Å². The summed E-state index contributed by atoms with van der Waals surface area (Å²) in [6.07, 6.45) is 0.737. The highest BCUT2D eigenvalue weighted by molar-refractivity contribution is 9.10. The third-order valence-corrected chi connectivity index (χ3v) is 4.13. The van der Waals surface area contributed by atoms with Crippen LogP contribution < -0.4 is 5.73 Å². The van der Waals surface area contributed by atoms with Gasteiger partial charge in [-0.2, -0.15) is 0 Å². The summed E-state index contributed by atoms with van der Waals surface area (Å²) in [5.74, 6) is 0. The van der Waals surface area contributed by atoms with Gasteiger partial charge in [0.05, 0.1) is 12.7 Å². The van der Waals surface area contributed by atoms with Crippen LogP contribution in [-0.2, 0) is 11.3 Å². The number of benzene rings is 2. The Hall–Kier alpha value is -0.870. The average Bonchev–Trinajstić information content (AvgIpc) is 2.49. The fraction of sp³-hybridized carbons (Fsp3) is 0.294. The van der Waals surface area contributed by atoms with E-state index >= 15 is 0 Å². The molecule has 2 nitrogen and oxygen atoms in total. The third-order valence-electron chi connectivity index (χ3n) is 3.38. The van der Waals surface area contributed by atoms with E-state index < -0.39 is 0 Å². The average molecular weight is 369 g/mol. The maximum atomic E-state index is 6.23. The minimum atomic E-state index is -0.122. The van der Waals surface area contributed by atoms with Crippen LogP contribution in [0.5, 0.6) is 0 Å². The molecule has 2 N–H and O–H groups in total. The number of nitrogens with two attached hydrogens (primary N) is 1. The maximum absolute atomic E-state index is 6.23. The molecule has 0 spiro atoms. The molecule has 112 valence electrons. The highest BCUT2D eigenvalue weighted by Gasteiger charge is 2.19. The molecule has 2 rings (SSSR count). The summed E-state index contributed by atoms with van der Waals surface area (Å²) in [6.45, 7) is 2.59. The van der Waals surface area contributed by atoms with Crippen molar-refractivity contribution in [2.24, 2.45) is 5.73 Å². The molecule has 0 saturated carbocycles. The van der Waals surface area contributed by atoms with Gasteiger partial charge in [0, 0.05) is 15.5 Å². The quantitative estimate of drug-likeness (QED) is 0.770. The minimum absolute atomic E-state index is 0.0356. The van der Waals surface area contributed by atoms with Crippen LogP contribution in [0.4, 0.5) is 0 Å². The van der Waals surface area contributed by atoms with Crippen LogP contribution in [0.15, 0.2) is 53.0 Å². The monoisotopic (exact) mass is 367 g/mol. The Morgan fingerprint density at radius 2 is 1.90 bits per heavy atom. The van der Waals surface area contributed by atoms with Crippen molar-refractivity contribution in [3.8, 4) is 0 Å². The summed E-state index contributed by atoms with van der Waals surface area (Å²) in [5, 5.41) is 0.729. The zero-order valence-electron chi connectivity index (χ0n) is 11.9. The molecule has 0 saturated heterocycles. The van der Waals surface area contributed by atoms with Gasteiger partial charge in [-0.25, -0.2) is 0 Å². The van der Waals surface area contributed by atoms with Gasteiger partial charge in [0.2, 0.25) is 0 Å². The van der Waals surface area contributed by atoms with E-state index in [-0.39, 0.29) is 12.1 Å². The van der Waals surface area contributed by atoms with Crippen LogP contribution in [0.1, 0.15) is 30.6 Å². The summed E-state index contributed by atoms with van der Waals surface area (Å²) in [7, 11) is 0. The second-order valence-corrected chi connectivity index (χ2v) is 6.34. The Balaban J connectivity index is 2.11. The Morgan fingerprint density at radius 1 is 1.19 bits per heavy atom. The molecule has 2 atom stereocenters. The largest absolute Gasteiger partial charge is 0.367 e. The number of hydrogen-bond acceptors (Lipinski definition) is 2. The van der Waals surface area contributed by atoms with E-state index in [0.717, 1.165) is 27.0 Å². The van der Waals surface area contributed by atoms with Gasteiger partial charge in [-0.05, 0) is 41.8 Å². The van der Waals surface area contributed by atoms with Crippen LogP contribution in [-0.4, -0.2) is 6.04 Å². The predicted octanol–water partition coefficient (Wildman–Crippen LogP) is 5.10. The van der Waals surface area contributed by atoms with Crippen molar-refractivity contribution >= 4 is 27.5 Å². The fourth-order valence-electron chi connectivity index (χ4n) is 2.13.